The topological polar surface area (TPSA) is 81.4 Å². The van der Waals surface area contributed by atoms with Gasteiger partial charge in [-0.05, 0) is 47.7 Å². The second kappa shape index (κ2) is 11.9. The average Bonchev–Trinajstić information content (AvgIpc) is 3.31. The average molecular weight is 514 g/mol. The number of benzene rings is 3. The van der Waals surface area contributed by atoms with E-state index in [1.54, 1.807) is 6.21 Å². The first-order valence-electron chi connectivity index (χ1n) is 12.2. The fraction of sp³-hybridized carbons (Fsp3) is 0.241. The van der Waals surface area contributed by atoms with E-state index < -0.39 is 0 Å². The molecule has 0 aliphatic rings. The van der Waals surface area contributed by atoms with E-state index in [1.165, 1.54) is 17.3 Å². The Kier molecular flexibility index (Phi) is 8.40. The Morgan fingerprint density at radius 1 is 1.00 bits per heavy atom. The predicted molar refractivity (Wildman–Crippen MR) is 149 cm³/mol. The number of para-hydroxylation sites is 1. The van der Waals surface area contributed by atoms with E-state index in [0.717, 1.165) is 22.7 Å². The van der Waals surface area contributed by atoms with Crippen molar-refractivity contribution in [3.63, 3.8) is 0 Å². The van der Waals surface area contributed by atoms with Crippen LogP contribution in [0.25, 0.3) is 11.4 Å². The first kappa shape index (κ1) is 26.2. The summed E-state index contributed by atoms with van der Waals surface area (Å²) >= 11 is 1.34. The summed E-state index contributed by atoms with van der Waals surface area (Å²) < 4.78 is 7.86. The van der Waals surface area contributed by atoms with Gasteiger partial charge in [0.2, 0.25) is 0 Å². The zero-order chi connectivity index (χ0) is 26.3. The summed E-state index contributed by atoms with van der Waals surface area (Å²) in [6, 6.07) is 25.5. The predicted octanol–water partition coefficient (Wildman–Crippen LogP) is 6.30. The summed E-state index contributed by atoms with van der Waals surface area (Å²) in [7, 11) is 0. The van der Waals surface area contributed by atoms with E-state index in [9.17, 15) is 4.79 Å². The maximum Gasteiger partial charge on any atom is 0.250 e. The van der Waals surface area contributed by atoms with Gasteiger partial charge in [-0.2, -0.15) is 5.10 Å². The molecule has 4 rings (SSSR count). The van der Waals surface area contributed by atoms with E-state index in [4.69, 9.17) is 4.74 Å². The highest BCUT2D eigenvalue weighted by molar-refractivity contribution is 7.99. The molecule has 0 bridgehead atoms. The van der Waals surface area contributed by atoms with Crippen molar-refractivity contribution in [2.24, 2.45) is 5.10 Å². The number of thioether (sulfide) groups is 1. The molecule has 0 aliphatic heterocycles. The largest absolute Gasteiger partial charge is 0.457 e. The van der Waals surface area contributed by atoms with Crippen molar-refractivity contribution in [3.05, 3.63) is 90.0 Å². The summed E-state index contributed by atoms with van der Waals surface area (Å²) in [6.45, 7) is 9.32. The van der Waals surface area contributed by atoms with Crippen LogP contribution in [0.5, 0.6) is 11.5 Å². The lowest BCUT2D eigenvalue weighted by atomic mass is 9.87. The molecule has 0 atom stereocenters. The number of carbonyl (C=O) groups excluding carboxylic acids is 1. The van der Waals surface area contributed by atoms with Crippen molar-refractivity contribution < 1.29 is 9.53 Å². The van der Waals surface area contributed by atoms with Crippen LogP contribution in [0, 0.1) is 0 Å². The van der Waals surface area contributed by atoms with Crippen LogP contribution in [-0.2, 0) is 16.8 Å². The minimum absolute atomic E-state index is 0.0898. The van der Waals surface area contributed by atoms with Crippen LogP contribution >= 0.6 is 11.8 Å². The van der Waals surface area contributed by atoms with Crippen LogP contribution in [0.2, 0.25) is 0 Å². The third kappa shape index (κ3) is 7.07. The molecule has 0 spiro atoms. The Labute approximate surface area is 222 Å². The van der Waals surface area contributed by atoms with Crippen LogP contribution in [0.3, 0.4) is 0 Å². The molecule has 7 nitrogen and oxygen atoms in total. The molecule has 0 unspecified atom stereocenters. The van der Waals surface area contributed by atoms with Gasteiger partial charge in [-0.25, -0.2) is 5.43 Å². The highest BCUT2D eigenvalue weighted by Crippen LogP contribution is 2.27. The lowest BCUT2D eigenvalue weighted by molar-refractivity contribution is -0.118. The number of hydrogen-bond acceptors (Lipinski definition) is 6. The van der Waals surface area contributed by atoms with Gasteiger partial charge < -0.3 is 9.30 Å². The third-order valence-corrected chi connectivity index (χ3v) is 6.58. The van der Waals surface area contributed by atoms with Crippen LogP contribution in [0.15, 0.2) is 89.1 Å². The Morgan fingerprint density at radius 3 is 2.43 bits per heavy atom. The molecular weight excluding hydrogens is 482 g/mol. The number of nitrogens with zero attached hydrogens (tertiary/aromatic N) is 4. The van der Waals surface area contributed by atoms with Gasteiger partial charge >= 0.3 is 0 Å². The minimum Gasteiger partial charge on any atom is -0.457 e. The number of aromatic nitrogens is 3. The second-order valence-electron chi connectivity index (χ2n) is 9.45. The fourth-order valence-electron chi connectivity index (χ4n) is 3.64. The lowest BCUT2D eigenvalue weighted by Crippen LogP contribution is -2.20. The number of nitrogens with one attached hydrogen (secondary N) is 1. The van der Waals surface area contributed by atoms with Gasteiger partial charge in [0.25, 0.3) is 5.91 Å². The highest BCUT2D eigenvalue weighted by atomic mass is 32.2. The molecule has 3 aromatic carbocycles. The van der Waals surface area contributed by atoms with E-state index in [1.807, 2.05) is 66.1 Å². The quantitative estimate of drug-likeness (QED) is 0.161. The van der Waals surface area contributed by atoms with E-state index in [-0.39, 0.29) is 17.1 Å². The molecule has 0 saturated carbocycles. The fourth-order valence-corrected chi connectivity index (χ4v) is 4.43. The van der Waals surface area contributed by atoms with Crippen molar-refractivity contribution in [1.29, 1.82) is 0 Å². The van der Waals surface area contributed by atoms with Crippen molar-refractivity contribution in [1.82, 2.24) is 20.2 Å². The molecule has 190 valence electrons. The first-order valence-corrected chi connectivity index (χ1v) is 13.1. The number of rotatable bonds is 9. The van der Waals surface area contributed by atoms with Crippen molar-refractivity contribution in [3.8, 4) is 22.9 Å². The van der Waals surface area contributed by atoms with Gasteiger partial charge in [-0.15, -0.1) is 10.2 Å². The van der Waals surface area contributed by atoms with E-state index in [2.05, 4.69) is 65.8 Å². The van der Waals surface area contributed by atoms with Crippen LogP contribution < -0.4 is 10.2 Å². The van der Waals surface area contributed by atoms with Gasteiger partial charge in [-0.1, -0.05) is 87.1 Å². The van der Waals surface area contributed by atoms with Crippen molar-refractivity contribution in [2.45, 2.75) is 44.8 Å². The summed E-state index contributed by atoms with van der Waals surface area (Å²) in [5.41, 5.74) is 5.75. The third-order valence-electron chi connectivity index (χ3n) is 5.61. The van der Waals surface area contributed by atoms with Crippen molar-refractivity contribution >= 4 is 23.9 Å². The summed E-state index contributed by atoms with van der Waals surface area (Å²) in [6.07, 6.45) is 1.59. The molecule has 0 fully saturated rings. The Hall–Kier alpha value is -3.91. The maximum absolute atomic E-state index is 12.4. The number of hydrazone groups is 1. The van der Waals surface area contributed by atoms with Gasteiger partial charge in [0.15, 0.2) is 11.0 Å². The SMILES string of the molecule is CCn1c(SCC(=O)N/N=C/c2cccc(Oc3ccccc3)c2)nnc1-c1ccc(C(C)(C)C)cc1. The summed E-state index contributed by atoms with van der Waals surface area (Å²) in [5.74, 6) is 2.20. The standard InChI is InChI=1S/C29H31N5O2S/c1-5-34-27(22-14-16-23(17-15-22)29(2,3)4)32-33-28(34)37-20-26(35)31-30-19-21-10-9-13-25(18-21)36-24-11-7-6-8-12-24/h6-19H,5,20H2,1-4H3,(H,31,35)/b30-19+. The normalized spacial score (nSPS) is 11.6. The Balaban J connectivity index is 1.33. The molecule has 37 heavy (non-hydrogen) atoms. The zero-order valence-electron chi connectivity index (χ0n) is 21.5. The summed E-state index contributed by atoms with van der Waals surface area (Å²) in [4.78, 5) is 12.4. The Morgan fingerprint density at radius 2 is 1.73 bits per heavy atom. The molecule has 0 aliphatic carbocycles. The van der Waals surface area contributed by atoms with Crippen LogP contribution in [0.4, 0.5) is 0 Å². The minimum atomic E-state index is -0.223. The van der Waals surface area contributed by atoms with Gasteiger partial charge in [0.05, 0.1) is 12.0 Å². The monoisotopic (exact) mass is 513 g/mol. The second-order valence-corrected chi connectivity index (χ2v) is 10.4. The molecule has 1 aromatic heterocycles. The van der Waals surface area contributed by atoms with Gasteiger partial charge in [-0.3, -0.25) is 4.79 Å². The smallest absolute Gasteiger partial charge is 0.250 e. The first-order chi connectivity index (χ1) is 17.8. The molecule has 0 saturated heterocycles. The van der Waals surface area contributed by atoms with Crippen LogP contribution in [0.1, 0.15) is 38.8 Å². The lowest BCUT2D eigenvalue weighted by Gasteiger charge is -2.19. The molecule has 0 radical (unpaired) electrons. The Bertz CT molecular complexity index is 1360. The highest BCUT2D eigenvalue weighted by Gasteiger charge is 2.17. The number of ether oxygens (including phenoxy) is 1. The van der Waals surface area contributed by atoms with Gasteiger partial charge in [0, 0.05) is 12.1 Å². The van der Waals surface area contributed by atoms with Gasteiger partial charge in [0.1, 0.15) is 11.5 Å². The molecular formula is C29H31N5O2S. The van der Waals surface area contributed by atoms with Crippen molar-refractivity contribution in [2.75, 3.05) is 5.75 Å². The van der Waals surface area contributed by atoms with Crippen LogP contribution in [-0.4, -0.2) is 32.6 Å². The number of amides is 1. The molecule has 1 N–H and O–H groups in total. The molecule has 1 heterocycles. The maximum atomic E-state index is 12.4. The molecule has 8 heteroatoms. The molecule has 1 amide bonds. The number of hydrogen-bond donors (Lipinski definition) is 1. The van der Waals surface area contributed by atoms with E-state index in [0.29, 0.717) is 17.5 Å². The van der Waals surface area contributed by atoms with E-state index >= 15 is 0 Å². The summed E-state index contributed by atoms with van der Waals surface area (Å²) in [5, 5.41) is 13.5. The molecule has 4 aromatic rings. The number of carbonyl (C=O) groups is 1. The zero-order valence-corrected chi connectivity index (χ0v) is 22.3.